The summed E-state index contributed by atoms with van der Waals surface area (Å²) >= 11 is 1.61. The van der Waals surface area contributed by atoms with E-state index in [1.165, 1.54) is 13.2 Å². The largest absolute Gasteiger partial charge is 0.497 e. The van der Waals surface area contributed by atoms with E-state index in [2.05, 4.69) is 5.32 Å². The molecule has 2 aromatic carbocycles. The molecule has 30 heavy (non-hydrogen) atoms. The summed E-state index contributed by atoms with van der Waals surface area (Å²) in [5, 5.41) is 19.9. The van der Waals surface area contributed by atoms with E-state index < -0.39 is 5.97 Å². The minimum atomic E-state index is -1.03. The van der Waals surface area contributed by atoms with Crippen LogP contribution in [0.5, 0.6) is 5.75 Å². The molecule has 0 radical (unpaired) electrons. The molecule has 2 aromatic heterocycles. The van der Waals surface area contributed by atoms with E-state index in [9.17, 15) is 9.90 Å². The zero-order chi connectivity index (χ0) is 21.3. The zero-order valence-electron chi connectivity index (χ0n) is 16.8. The summed E-state index contributed by atoms with van der Waals surface area (Å²) < 4.78 is 7.04. The van der Waals surface area contributed by atoms with Crippen LogP contribution in [0.25, 0.3) is 16.1 Å². The molecule has 4 rings (SSSR count). The van der Waals surface area contributed by atoms with E-state index >= 15 is 0 Å². The van der Waals surface area contributed by atoms with E-state index in [1.54, 1.807) is 23.5 Å². The number of carboxylic acids is 1. The van der Waals surface area contributed by atoms with Gasteiger partial charge in [-0.05, 0) is 55.1 Å². The third kappa shape index (κ3) is 3.55. The van der Waals surface area contributed by atoms with Crippen molar-refractivity contribution in [2.75, 3.05) is 12.4 Å². The zero-order valence-corrected chi connectivity index (χ0v) is 17.7. The van der Waals surface area contributed by atoms with Gasteiger partial charge in [-0.25, -0.2) is 9.48 Å². The molecule has 0 fully saturated rings. The van der Waals surface area contributed by atoms with Crippen LogP contribution in [-0.4, -0.2) is 28.0 Å². The number of rotatable bonds is 6. The highest BCUT2D eigenvalue weighted by molar-refractivity contribution is 7.13. The van der Waals surface area contributed by atoms with Gasteiger partial charge in [0.15, 0.2) is 0 Å². The van der Waals surface area contributed by atoms with E-state index in [0.717, 1.165) is 33.2 Å². The Hall–Kier alpha value is -3.58. The first kappa shape index (κ1) is 19.7. The van der Waals surface area contributed by atoms with Crippen LogP contribution in [0.1, 0.15) is 21.6 Å². The lowest BCUT2D eigenvalue weighted by Crippen LogP contribution is -2.08. The van der Waals surface area contributed by atoms with Gasteiger partial charge in [0.2, 0.25) is 0 Å². The van der Waals surface area contributed by atoms with Crippen molar-refractivity contribution < 1.29 is 14.6 Å². The fourth-order valence-electron chi connectivity index (χ4n) is 3.40. The average Bonchev–Trinajstić information content (AvgIpc) is 3.36. The van der Waals surface area contributed by atoms with Gasteiger partial charge in [-0.2, -0.15) is 5.10 Å². The van der Waals surface area contributed by atoms with Crippen molar-refractivity contribution in [2.45, 2.75) is 13.8 Å². The molecule has 4 aromatic rings. The molecule has 0 saturated heterocycles. The Labute approximate surface area is 178 Å². The van der Waals surface area contributed by atoms with Crippen LogP contribution in [-0.2, 0) is 0 Å². The molecule has 0 spiro atoms. The van der Waals surface area contributed by atoms with Crippen molar-refractivity contribution in [2.24, 2.45) is 0 Å². The molecule has 0 aliphatic rings. The third-order valence-electron chi connectivity index (χ3n) is 4.88. The van der Waals surface area contributed by atoms with Gasteiger partial charge in [0.05, 0.1) is 35.3 Å². The van der Waals surface area contributed by atoms with Crippen LogP contribution in [0.4, 0.5) is 11.5 Å². The van der Waals surface area contributed by atoms with Crippen LogP contribution < -0.4 is 10.1 Å². The highest BCUT2D eigenvalue weighted by Crippen LogP contribution is 2.39. The SMILES string of the molecule is COc1ccc(Nc2c(-c3cccs3)c(C)nn2-c2ccccc2C)c(C(=O)O)c1. The normalized spacial score (nSPS) is 10.8. The molecule has 2 heterocycles. The predicted octanol–water partition coefficient (Wildman–Crippen LogP) is 5.67. The number of para-hydroxylation sites is 1. The van der Waals surface area contributed by atoms with Gasteiger partial charge in [-0.15, -0.1) is 11.3 Å². The van der Waals surface area contributed by atoms with E-state index in [0.29, 0.717) is 11.4 Å². The van der Waals surface area contributed by atoms with Crippen LogP contribution >= 0.6 is 11.3 Å². The number of aryl methyl sites for hydroxylation is 2. The predicted molar refractivity (Wildman–Crippen MR) is 120 cm³/mol. The number of thiophene rings is 1. The topological polar surface area (TPSA) is 76.4 Å². The first-order valence-corrected chi connectivity index (χ1v) is 10.3. The van der Waals surface area contributed by atoms with E-state index in [1.807, 2.05) is 60.3 Å². The van der Waals surface area contributed by atoms with Gasteiger partial charge < -0.3 is 15.2 Å². The number of benzene rings is 2. The lowest BCUT2D eigenvalue weighted by molar-refractivity contribution is 0.0697. The molecule has 2 N–H and O–H groups in total. The molecule has 0 aliphatic heterocycles. The number of ether oxygens (including phenoxy) is 1. The van der Waals surface area contributed by atoms with Crippen molar-refractivity contribution in [3.05, 3.63) is 76.8 Å². The van der Waals surface area contributed by atoms with Gasteiger partial charge in [0, 0.05) is 4.88 Å². The minimum Gasteiger partial charge on any atom is -0.497 e. The second-order valence-corrected chi connectivity index (χ2v) is 7.77. The Morgan fingerprint density at radius 3 is 2.60 bits per heavy atom. The number of aromatic nitrogens is 2. The number of carbonyl (C=O) groups is 1. The van der Waals surface area contributed by atoms with E-state index in [4.69, 9.17) is 9.84 Å². The minimum absolute atomic E-state index is 0.127. The fraction of sp³-hybridized carbons (Fsp3) is 0.130. The van der Waals surface area contributed by atoms with Crippen LogP contribution in [0.3, 0.4) is 0 Å². The molecule has 0 saturated carbocycles. The summed E-state index contributed by atoms with van der Waals surface area (Å²) in [4.78, 5) is 12.9. The van der Waals surface area contributed by atoms with Crippen LogP contribution in [0, 0.1) is 13.8 Å². The maximum atomic E-state index is 11.9. The molecule has 0 atom stereocenters. The van der Waals surface area contributed by atoms with Gasteiger partial charge in [-0.1, -0.05) is 24.3 Å². The molecule has 152 valence electrons. The lowest BCUT2D eigenvalue weighted by atomic mass is 10.1. The van der Waals surface area contributed by atoms with E-state index in [-0.39, 0.29) is 5.56 Å². The second kappa shape index (κ2) is 8.04. The highest BCUT2D eigenvalue weighted by Gasteiger charge is 2.22. The van der Waals surface area contributed by atoms with Crippen molar-refractivity contribution >= 4 is 28.8 Å². The molecular weight excluding hydrogens is 398 g/mol. The Morgan fingerprint density at radius 1 is 1.13 bits per heavy atom. The van der Waals surface area contributed by atoms with Crippen molar-refractivity contribution in [1.29, 1.82) is 0 Å². The number of aromatic carboxylic acids is 1. The first-order valence-electron chi connectivity index (χ1n) is 9.37. The number of hydrogen-bond acceptors (Lipinski definition) is 5. The molecule has 6 nitrogen and oxygen atoms in total. The number of anilines is 2. The lowest BCUT2D eigenvalue weighted by Gasteiger charge is -2.15. The van der Waals surface area contributed by atoms with Crippen LogP contribution in [0.2, 0.25) is 0 Å². The Balaban J connectivity index is 1.93. The molecule has 7 heteroatoms. The Bertz CT molecular complexity index is 1210. The van der Waals surface area contributed by atoms with Crippen LogP contribution in [0.15, 0.2) is 60.0 Å². The van der Waals surface area contributed by atoms with Gasteiger partial charge in [-0.3, -0.25) is 0 Å². The Kier molecular flexibility index (Phi) is 5.29. The molecule has 0 aliphatic carbocycles. The van der Waals surface area contributed by atoms with Crippen molar-refractivity contribution in [3.63, 3.8) is 0 Å². The number of nitrogens with one attached hydrogen (secondary N) is 1. The monoisotopic (exact) mass is 419 g/mol. The highest BCUT2D eigenvalue weighted by atomic mass is 32.1. The maximum absolute atomic E-state index is 11.9. The van der Waals surface area contributed by atoms with Crippen molar-refractivity contribution in [1.82, 2.24) is 9.78 Å². The molecule has 0 unspecified atom stereocenters. The van der Waals surface area contributed by atoms with Gasteiger partial charge in [0.25, 0.3) is 0 Å². The summed E-state index contributed by atoms with van der Waals surface area (Å²) in [5.74, 6) is 0.171. The van der Waals surface area contributed by atoms with Crippen molar-refractivity contribution in [3.8, 4) is 21.9 Å². The standard InChI is InChI=1S/C23H21N3O3S/c1-14-7-4-5-8-19(14)26-22(21(15(2)25-26)20-9-6-12-30-20)24-18-11-10-16(29-3)13-17(18)23(27)28/h4-13,24H,1-3H3,(H,27,28). The smallest absolute Gasteiger partial charge is 0.337 e. The quantitative estimate of drug-likeness (QED) is 0.421. The van der Waals surface area contributed by atoms with Gasteiger partial charge in [0.1, 0.15) is 11.6 Å². The molecule has 0 amide bonds. The third-order valence-corrected chi connectivity index (χ3v) is 5.77. The fourth-order valence-corrected chi connectivity index (χ4v) is 4.22. The van der Waals surface area contributed by atoms with Gasteiger partial charge >= 0.3 is 5.97 Å². The molecule has 0 bridgehead atoms. The number of methoxy groups -OCH3 is 1. The summed E-state index contributed by atoms with van der Waals surface area (Å²) in [7, 11) is 1.51. The Morgan fingerprint density at radius 2 is 1.93 bits per heavy atom. The summed E-state index contributed by atoms with van der Waals surface area (Å²) in [6.45, 7) is 3.98. The summed E-state index contributed by atoms with van der Waals surface area (Å²) in [5.41, 5.74) is 4.39. The summed E-state index contributed by atoms with van der Waals surface area (Å²) in [6, 6.07) is 17.0. The number of carboxylic acid groups (broad SMARTS) is 1. The average molecular weight is 420 g/mol. The molecular formula is C23H21N3O3S. The number of hydrogen-bond donors (Lipinski definition) is 2. The number of nitrogens with zero attached hydrogens (tertiary/aromatic N) is 2. The first-order chi connectivity index (χ1) is 14.5. The summed E-state index contributed by atoms with van der Waals surface area (Å²) in [6.07, 6.45) is 0. The second-order valence-electron chi connectivity index (χ2n) is 6.83. The maximum Gasteiger partial charge on any atom is 0.337 e.